The first-order valence-corrected chi connectivity index (χ1v) is 8.04. The quantitative estimate of drug-likeness (QED) is 0.399. The molecule has 0 radical (unpaired) electrons. The van der Waals surface area contributed by atoms with E-state index in [1.165, 1.54) is 12.1 Å². The highest BCUT2D eigenvalue weighted by Crippen LogP contribution is 2.25. The zero-order valence-electron chi connectivity index (χ0n) is 14.4. The van der Waals surface area contributed by atoms with Gasteiger partial charge in [-0.3, -0.25) is 9.78 Å². The van der Waals surface area contributed by atoms with Crippen molar-refractivity contribution in [1.82, 2.24) is 9.55 Å². The molecule has 2 aromatic heterocycles. The smallest absolute Gasteiger partial charge is 0.205 e. The Morgan fingerprint density at radius 2 is 1.92 bits per heavy atom. The number of benzene rings is 1. The Labute approximate surface area is 150 Å². The fraction of sp³-hybridized carbons (Fsp3) is 0.0952. The molecule has 0 amide bonds. The molecular weight excluding hydrogens is 329 g/mol. The highest BCUT2D eigenvalue weighted by Gasteiger charge is 2.21. The highest BCUT2D eigenvalue weighted by molar-refractivity contribution is 6.14. The largest absolute Gasteiger partial charge is 0.315 e. The van der Waals surface area contributed by atoms with Crippen LogP contribution in [0.1, 0.15) is 27.4 Å². The highest BCUT2D eigenvalue weighted by atomic mass is 19.1. The van der Waals surface area contributed by atoms with Crippen molar-refractivity contribution in [2.75, 3.05) is 0 Å². The van der Waals surface area contributed by atoms with Gasteiger partial charge in [-0.25, -0.2) is 4.39 Å². The van der Waals surface area contributed by atoms with E-state index in [0.717, 1.165) is 0 Å². The number of ketones is 1. The Hall–Kier alpha value is -3.52. The van der Waals surface area contributed by atoms with Gasteiger partial charge in [-0.05, 0) is 50.3 Å². The van der Waals surface area contributed by atoms with Crippen LogP contribution in [0.3, 0.4) is 0 Å². The molecule has 0 fully saturated rings. The van der Waals surface area contributed by atoms with Crippen molar-refractivity contribution in [2.24, 2.45) is 0 Å². The third kappa shape index (κ3) is 3.17. The SMILES string of the molecule is Cc1cc(C(=O)/C(C#N)=C/c2ccccn2)c(C)n1-c1ccccc1F. The third-order valence-electron chi connectivity index (χ3n) is 4.11. The van der Waals surface area contributed by atoms with E-state index in [0.29, 0.717) is 28.3 Å². The number of nitrogens with zero attached hydrogens (tertiary/aromatic N) is 3. The Bertz CT molecular complexity index is 1040. The summed E-state index contributed by atoms with van der Waals surface area (Å²) in [5.41, 5.74) is 2.55. The van der Waals surface area contributed by atoms with Gasteiger partial charge >= 0.3 is 0 Å². The molecule has 3 rings (SSSR count). The number of aromatic nitrogens is 2. The van der Waals surface area contributed by atoms with E-state index in [-0.39, 0.29) is 11.4 Å². The molecule has 0 bridgehead atoms. The van der Waals surface area contributed by atoms with Crippen LogP contribution in [0.4, 0.5) is 4.39 Å². The van der Waals surface area contributed by atoms with Gasteiger partial charge < -0.3 is 4.57 Å². The number of hydrogen-bond acceptors (Lipinski definition) is 3. The fourth-order valence-electron chi connectivity index (χ4n) is 2.90. The van der Waals surface area contributed by atoms with Gasteiger partial charge in [0.25, 0.3) is 0 Å². The number of carbonyl (C=O) groups is 1. The van der Waals surface area contributed by atoms with E-state index in [2.05, 4.69) is 4.98 Å². The van der Waals surface area contributed by atoms with Gasteiger partial charge in [0, 0.05) is 23.1 Å². The van der Waals surface area contributed by atoms with Crippen LogP contribution in [-0.4, -0.2) is 15.3 Å². The van der Waals surface area contributed by atoms with Crippen LogP contribution >= 0.6 is 0 Å². The number of nitriles is 1. The molecule has 26 heavy (non-hydrogen) atoms. The van der Waals surface area contributed by atoms with Crippen LogP contribution < -0.4 is 0 Å². The maximum atomic E-state index is 14.2. The van der Waals surface area contributed by atoms with E-state index in [9.17, 15) is 14.4 Å². The van der Waals surface area contributed by atoms with Crippen molar-refractivity contribution in [3.63, 3.8) is 0 Å². The van der Waals surface area contributed by atoms with Crippen molar-refractivity contribution in [3.8, 4) is 11.8 Å². The first kappa shape index (κ1) is 17.3. The Balaban J connectivity index is 2.07. The van der Waals surface area contributed by atoms with Gasteiger partial charge in [0.2, 0.25) is 5.78 Å². The van der Waals surface area contributed by atoms with Crippen LogP contribution in [0.15, 0.2) is 60.3 Å². The molecule has 0 unspecified atom stereocenters. The summed E-state index contributed by atoms with van der Waals surface area (Å²) in [5, 5.41) is 9.41. The van der Waals surface area contributed by atoms with Gasteiger partial charge in [-0.1, -0.05) is 18.2 Å². The molecule has 3 aromatic rings. The van der Waals surface area contributed by atoms with E-state index in [1.807, 2.05) is 6.07 Å². The molecule has 4 nitrogen and oxygen atoms in total. The summed E-state index contributed by atoms with van der Waals surface area (Å²) in [6.45, 7) is 3.53. The number of carbonyl (C=O) groups excluding carboxylic acids is 1. The van der Waals surface area contributed by atoms with Crippen LogP contribution in [0, 0.1) is 31.0 Å². The molecule has 0 aliphatic carbocycles. The standard InChI is InChI=1S/C21H16FN3O/c1-14-11-18(15(2)25(14)20-9-4-3-8-19(20)22)21(26)16(13-23)12-17-7-5-6-10-24-17/h3-12H,1-2H3/b16-12+. The number of aryl methyl sites for hydroxylation is 1. The van der Waals surface area contributed by atoms with Crippen molar-refractivity contribution in [3.05, 3.63) is 88.8 Å². The molecule has 0 aliphatic heterocycles. The number of rotatable bonds is 4. The lowest BCUT2D eigenvalue weighted by molar-refractivity contribution is 0.103. The number of hydrogen-bond donors (Lipinski definition) is 0. The molecule has 5 heteroatoms. The van der Waals surface area contributed by atoms with Crippen LogP contribution in [-0.2, 0) is 0 Å². The summed E-state index contributed by atoms with van der Waals surface area (Å²) in [6.07, 6.45) is 3.05. The molecule has 0 saturated carbocycles. The van der Waals surface area contributed by atoms with E-state index in [4.69, 9.17) is 0 Å². The van der Waals surface area contributed by atoms with Crippen molar-refractivity contribution >= 4 is 11.9 Å². The lowest BCUT2D eigenvalue weighted by Crippen LogP contribution is -2.06. The van der Waals surface area contributed by atoms with Crippen LogP contribution in [0.5, 0.6) is 0 Å². The maximum absolute atomic E-state index is 14.2. The van der Waals surface area contributed by atoms with Crippen molar-refractivity contribution in [1.29, 1.82) is 5.26 Å². The molecular formula is C21H16FN3O. The summed E-state index contributed by atoms with van der Waals surface area (Å²) in [5.74, 6) is -0.785. The molecule has 0 atom stereocenters. The number of halogens is 1. The second kappa shape index (κ2) is 7.16. The average Bonchev–Trinajstić information content (AvgIpc) is 2.95. The summed E-state index contributed by atoms with van der Waals surface area (Å²) in [4.78, 5) is 17.0. The van der Waals surface area contributed by atoms with Crippen molar-refractivity contribution in [2.45, 2.75) is 13.8 Å². The lowest BCUT2D eigenvalue weighted by atomic mass is 10.0. The number of allylic oxidation sites excluding steroid dienone is 1. The van der Waals surface area contributed by atoms with E-state index in [1.54, 1.807) is 67.1 Å². The molecule has 2 heterocycles. The molecule has 1 aromatic carbocycles. The van der Waals surface area contributed by atoms with Gasteiger partial charge in [-0.2, -0.15) is 5.26 Å². The molecule has 0 N–H and O–H groups in total. The number of Topliss-reactive ketones (excluding diaryl/α,β-unsaturated/α-hetero) is 1. The second-order valence-electron chi connectivity index (χ2n) is 5.83. The normalized spacial score (nSPS) is 11.2. The predicted octanol–water partition coefficient (Wildman–Crippen LogP) is 4.42. The third-order valence-corrected chi connectivity index (χ3v) is 4.11. The predicted molar refractivity (Wildman–Crippen MR) is 97.4 cm³/mol. The van der Waals surface area contributed by atoms with Crippen molar-refractivity contribution < 1.29 is 9.18 Å². The zero-order valence-corrected chi connectivity index (χ0v) is 14.4. The van der Waals surface area contributed by atoms with E-state index >= 15 is 0 Å². The second-order valence-corrected chi connectivity index (χ2v) is 5.83. The summed E-state index contributed by atoms with van der Waals surface area (Å²) >= 11 is 0. The molecule has 0 saturated heterocycles. The van der Waals surface area contributed by atoms with Gasteiger partial charge in [0.1, 0.15) is 17.5 Å². The first-order chi connectivity index (χ1) is 12.5. The van der Waals surface area contributed by atoms with Crippen LogP contribution in [0.2, 0.25) is 0 Å². The van der Waals surface area contributed by atoms with E-state index < -0.39 is 5.78 Å². The summed E-state index contributed by atoms with van der Waals surface area (Å²) in [6, 6.07) is 15.2. The van der Waals surface area contributed by atoms with Gasteiger partial charge in [0.15, 0.2) is 0 Å². The number of para-hydroxylation sites is 1. The lowest BCUT2D eigenvalue weighted by Gasteiger charge is -2.10. The van der Waals surface area contributed by atoms with Crippen LogP contribution in [0.25, 0.3) is 11.8 Å². The molecule has 0 spiro atoms. The summed E-state index contributed by atoms with van der Waals surface area (Å²) in [7, 11) is 0. The Morgan fingerprint density at radius 3 is 2.58 bits per heavy atom. The molecule has 0 aliphatic rings. The minimum atomic E-state index is -0.408. The topological polar surface area (TPSA) is 58.7 Å². The fourth-order valence-corrected chi connectivity index (χ4v) is 2.90. The zero-order chi connectivity index (χ0) is 18.7. The molecule has 128 valence electrons. The average molecular weight is 345 g/mol. The Kier molecular flexibility index (Phi) is 4.76. The monoisotopic (exact) mass is 345 g/mol. The first-order valence-electron chi connectivity index (χ1n) is 8.04. The van der Waals surface area contributed by atoms with Gasteiger partial charge in [0.05, 0.1) is 11.4 Å². The minimum Gasteiger partial charge on any atom is -0.315 e. The Morgan fingerprint density at radius 1 is 1.19 bits per heavy atom. The maximum Gasteiger partial charge on any atom is 0.205 e. The van der Waals surface area contributed by atoms with Gasteiger partial charge in [-0.15, -0.1) is 0 Å². The summed E-state index contributed by atoms with van der Waals surface area (Å²) < 4.78 is 15.9. The minimum absolute atomic E-state index is 0.0162. The number of pyridine rings is 1.